The first kappa shape index (κ1) is 49.3. The molecule has 4 aliphatic heterocycles. The molecule has 19 rings (SSSR count). The van der Waals surface area contributed by atoms with Crippen LogP contribution in [0.4, 0.5) is 39.8 Å². The molecule has 2 saturated heterocycles. The summed E-state index contributed by atoms with van der Waals surface area (Å²) in [5.41, 5.74) is 27.6. The molecule has 86 heavy (non-hydrogen) atoms. The van der Waals surface area contributed by atoms with Crippen LogP contribution in [0, 0.1) is 11.8 Å². The van der Waals surface area contributed by atoms with Gasteiger partial charge in [-0.25, -0.2) is 0 Å². The number of hydrogen-bond acceptors (Lipinski definition) is 3. The van der Waals surface area contributed by atoms with Gasteiger partial charge in [-0.15, -0.1) is 0 Å². The van der Waals surface area contributed by atoms with Gasteiger partial charge in [0.2, 0.25) is 0 Å². The highest BCUT2D eigenvalue weighted by atomic mass is 15.2. The number of anilines is 7. The quantitative estimate of drug-likeness (QED) is 0.134. The third-order valence-corrected chi connectivity index (χ3v) is 20.0. The fourth-order valence-corrected chi connectivity index (χ4v) is 16.7. The van der Waals surface area contributed by atoms with Gasteiger partial charge in [0, 0.05) is 79.2 Å². The average molecular weight is 1100 g/mol. The van der Waals surface area contributed by atoms with Crippen molar-refractivity contribution in [3.63, 3.8) is 0 Å². The van der Waals surface area contributed by atoms with Gasteiger partial charge in [0.15, 0.2) is 0 Å². The van der Waals surface area contributed by atoms with Gasteiger partial charge in [0.05, 0.1) is 22.4 Å². The lowest BCUT2D eigenvalue weighted by Crippen LogP contribution is -2.62. The van der Waals surface area contributed by atoms with Crippen LogP contribution in [0.5, 0.6) is 0 Å². The highest BCUT2D eigenvalue weighted by Crippen LogP contribution is 2.56. The largest absolute Gasteiger partial charge is 0.365 e. The Morgan fingerprint density at radius 2 is 0.663 bits per heavy atom. The predicted molar refractivity (Wildman–Crippen MR) is 362 cm³/mol. The minimum atomic E-state index is -0.134. The van der Waals surface area contributed by atoms with Gasteiger partial charge < -0.3 is 19.3 Å². The van der Waals surface area contributed by atoms with Gasteiger partial charge in [-0.3, -0.25) is 0 Å². The Bertz CT molecular complexity index is 4590. The van der Waals surface area contributed by atoms with Crippen LogP contribution in [0.15, 0.2) is 285 Å². The van der Waals surface area contributed by atoms with E-state index in [-0.39, 0.29) is 6.71 Å². The average Bonchev–Trinajstić information content (AvgIpc) is 1.07. The van der Waals surface area contributed by atoms with Crippen LogP contribution >= 0.6 is 0 Å². The van der Waals surface area contributed by atoms with Crippen molar-refractivity contribution in [1.82, 2.24) is 4.57 Å². The van der Waals surface area contributed by atoms with Crippen LogP contribution in [0.1, 0.15) is 32.1 Å². The molecule has 6 aliphatic rings. The van der Waals surface area contributed by atoms with Gasteiger partial charge in [-0.1, -0.05) is 237 Å². The number of rotatable bonds is 9. The van der Waals surface area contributed by atoms with Gasteiger partial charge in [0.1, 0.15) is 0 Å². The van der Waals surface area contributed by atoms with E-state index < -0.39 is 0 Å². The molecule has 0 N–H and O–H groups in total. The summed E-state index contributed by atoms with van der Waals surface area (Å²) in [6.07, 6.45) is 6.60. The summed E-state index contributed by atoms with van der Waals surface area (Å²) in [5.74, 6) is 1.69. The maximum atomic E-state index is 2.90. The fourth-order valence-electron chi connectivity index (χ4n) is 16.7. The molecule has 5 heteroatoms. The first-order valence-electron chi connectivity index (χ1n) is 31.0. The zero-order chi connectivity index (χ0) is 56.4. The van der Waals surface area contributed by atoms with Crippen LogP contribution in [0.3, 0.4) is 0 Å². The van der Waals surface area contributed by atoms with Crippen molar-refractivity contribution in [2.75, 3.05) is 14.7 Å². The Hall–Kier alpha value is -10.1. The monoisotopic (exact) mass is 1100 g/mol. The number of piperidine rings is 2. The van der Waals surface area contributed by atoms with Crippen LogP contribution in [-0.4, -0.2) is 23.4 Å². The first-order chi connectivity index (χ1) is 42.7. The summed E-state index contributed by atoms with van der Waals surface area (Å²) in [6.45, 7) is -0.134. The predicted octanol–water partition coefficient (Wildman–Crippen LogP) is 19.0. The van der Waals surface area contributed by atoms with Crippen molar-refractivity contribution in [2.24, 2.45) is 11.8 Å². The lowest BCUT2D eigenvalue weighted by molar-refractivity contribution is 0.0900. The minimum absolute atomic E-state index is 0.134. The van der Waals surface area contributed by atoms with E-state index in [0.717, 1.165) is 28.8 Å². The molecular weight excluding hydrogens is 1040 g/mol. The van der Waals surface area contributed by atoms with Crippen LogP contribution in [0.25, 0.3) is 83.1 Å². The number of fused-ring (bicyclic) bond motifs is 7. The second-order valence-corrected chi connectivity index (χ2v) is 24.7. The number of para-hydroxylation sites is 4. The third-order valence-electron chi connectivity index (χ3n) is 20.0. The second-order valence-electron chi connectivity index (χ2n) is 24.7. The van der Waals surface area contributed by atoms with Gasteiger partial charge >= 0.3 is 0 Å². The number of nitrogens with zero attached hydrogens (tertiary/aromatic N) is 4. The Morgan fingerprint density at radius 3 is 1.09 bits per heavy atom. The van der Waals surface area contributed by atoms with Crippen molar-refractivity contribution in [3.05, 3.63) is 285 Å². The molecule has 13 aromatic rings. The zero-order valence-electron chi connectivity index (χ0n) is 47.8. The van der Waals surface area contributed by atoms with Crippen molar-refractivity contribution in [2.45, 2.75) is 44.2 Å². The van der Waals surface area contributed by atoms with Crippen molar-refractivity contribution in [1.29, 1.82) is 0 Å². The summed E-state index contributed by atoms with van der Waals surface area (Å²) < 4.78 is 2.50. The van der Waals surface area contributed by atoms with E-state index in [4.69, 9.17) is 0 Å². The SMILES string of the molecule is c1ccc(-c2cc3c4c(c2)N(c2c(-c5ccccc5)cccc2-c2ccccc2)c2cc(-n5c6ccccc6c6ccccc65)ccc2B4c2ccc(N4C5CC6CC(C5)CC4C6)cc2N3c2c(-c3ccccc3)cccc2-c2ccccc2)cc1. The smallest absolute Gasteiger partial charge is 0.252 e. The van der Waals surface area contributed by atoms with Crippen molar-refractivity contribution in [3.8, 4) is 61.3 Å². The number of benzene rings is 12. The van der Waals surface area contributed by atoms with Gasteiger partial charge in [-0.05, 0) is 142 Å². The fraction of sp³-hybridized carbons (Fsp3) is 0.111. The van der Waals surface area contributed by atoms with Crippen LogP contribution in [0.2, 0.25) is 0 Å². The lowest BCUT2D eigenvalue weighted by Gasteiger charge is -2.57. The van der Waals surface area contributed by atoms with E-state index in [1.165, 1.54) is 154 Å². The van der Waals surface area contributed by atoms with Gasteiger partial charge in [0.25, 0.3) is 6.71 Å². The maximum Gasteiger partial charge on any atom is 0.252 e. The van der Waals surface area contributed by atoms with Gasteiger partial charge in [-0.2, -0.15) is 0 Å². The third kappa shape index (κ3) is 7.70. The molecule has 1 aromatic heterocycles. The van der Waals surface area contributed by atoms with E-state index in [2.05, 4.69) is 304 Å². The number of aromatic nitrogens is 1. The molecule has 408 valence electrons. The molecule has 4 fully saturated rings. The Labute approximate surface area is 503 Å². The molecule has 2 saturated carbocycles. The van der Waals surface area contributed by atoms with Crippen LogP contribution in [-0.2, 0) is 0 Å². The molecule has 5 heterocycles. The maximum absolute atomic E-state index is 2.90. The molecule has 0 atom stereocenters. The topological polar surface area (TPSA) is 14.7 Å². The van der Waals surface area contributed by atoms with Crippen molar-refractivity contribution >= 4 is 84.7 Å². The van der Waals surface area contributed by atoms with E-state index in [1.807, 2.05) is 0 Å². The molecule has 2 aliphatic carbocycles. The number of hydrogen-bond donors (Lipinski definition) is 0. The second kappa shape index (κ2) is 19.8. The van der Waals surface area contributed by atoms with E-state index in [0.29, 0.717) is 12.1 Å². The molecule has 0 unspecified atom stereocenters. The minimum Gasteiger partial charge on any atom is -0.365 e. The molecule has 4 nitrogen and oxygen atoms in total. The van der Waals surface area contributed by atoms with E-state index in [1.54, 1.807) is 0 Å². The van der Waals surface area contributed by atoms with Crippen molar-refractivity contribution < 1.29 is 0 Å². The lowest BCUT2D eigenvalue weighted by atomic mass is 9.33. The Balaban J connectivity index is 0.998. The van der Waals surface area contributed by atoms with E-state index >= 15 is 0 Å². The Morgan fingerprint density at radius 1 is 0.291 bits per heavy atom. The van der Waals surface area contributed by atoms with E-state index in [9.17, 15) is 0 Å². The molecule has 0 spiro atoms. The summed E-state index contributed by atoms with van der Waals surface area (Å²) in [7, 11) is 0. The normalized spacial score (nSPS) is 17.9. The molecule has 0 radical (unpaired) electrons. The molecule has 0 amide bonds. The zero-order valence-corrected chi connectivity index (χ0v) is 47.8. The molecule has 4 bridgehead atoms. The standard InChI is InChI=1S/C81H61BN4/c1-6-22-55(23-7-1)60-49-77-79-78(50-60)86(81-67(58-28-12-4-13-29-58)36-21-37-68(81)59-30-14-5-15-31-59)76-52-62(84-73-38-18-16-32-69(73)70-33-17-19-39-74(70)84)41-43-72(76)82(79)71-42-40-61(83-63-45-53-44-54(47-63)48-64(83)46-53)51-75(71)85(77)80-65(56-24-8-2-9-25-56)34-20-35-66(80)57-26-10-3-11-27-57/h1-43,49-54,63-64H,44-48H2. The molecular formula is C81H61BN4. The molecule has 12 aromatic carbocycles. The highest BCUT2D eigenvalue weighted by molar-refractivity contribution is 7.00. The summed E-state index contributed by atoms with van der Waals surface area (Å²) in [5, 5.41) is 2.50. The first-order valence-corrected chi connectivity index (χ1v) is 31.0. The summed E-state index contributed by atoms with van der Waals surface area (Å²) >= 11 is 0. The van der Waals surface area contributed by atoms with Crippen LogP contribution < -0.4 is 31.1 Å². The summed E-state index contributed by atoms with van der Waals surface area (Å²) in [4.78, 5) is 8.32. The highest BCUT2D eigenvalue weighted by Gasteiger charge is 2.49. The Kier molecular flexibility index (Phi) is 11.3. The summed E-state index contributed by atoms with van der Waals surface area (Å²) in [6, 6.07) is 109.